The lowest BCUT2D eigenvalue weighted by molar-refractivity contribution is 0.0931. The summed E-state index contributed by atoms with van der Waals surface area (Å²) in [6.07, 6.45) is 0.771. The number of hydrogen-bond acceptors (Lipinski definition) is 2. The van der Waals surface area contributed by atoms with Crippen molar-refractivity contribution in [1.29, 1.82) is 0 Å². The van der Waals surface area contributed by atoms with Crippen molar-refractivity contribution in [1.82, 2.24) is 5.32 Å². The Hall–Kier alpha value is -0.580. The van der Waals surface area contributed by atoms with Crippen molar-refractivity contribution in [3.63, 3.8) is 0 Å². The van der Waals surface area contributed by atoms with E-state index in [1.54, 1.807) is 13.2 Å². The largest absolute Gasteiger partial charge is 0.385 e. The van der Waals surface area contributed by atoms with Gasteiger partial charge >= 0.3 is 0 Å². The van der Waals surface area contributed by atoms with Crippen LogP contribution < -0.4 is 5.32 Å². The highest BCUT2D eigenvalue weighted by Crippen LogP contribution is 2.14. The standard InChI is InChI=1S/C13H17BrClNO2/c1-9-5-10(7-11(15)6-9)13(17)16-12(8-14)3-4-18-2/h5-7,12H,3-4,8H2,1-2H3,(H,16,17). The number of methoxy groups -OCH3 is 1. The molecule has 1 amide bonds. The van der Waals surface area contributed by atoms with Crippen LogP contribution in [0.2, 0.25) is 5.02 Å². The average Bonchev–Trinajstić information content (AvgIpc) is 2.32. The van der Waals surface area contributed by atoms with E-state index in [9.17, 15) is 4.79 Å². The molecule has 1 atom stereocenters. The molecule has 3 nitrogen and oxygen atoms in total. The molecule has 100 valence electrons. The number of alkyl halides is 1. The monoisotopic (exact) mass is 333 g/mol. The first-order valence-corrected chi connectivity index (χ1v) is 7.19. The van der Waals surface area contributed by atoms with Crippen LogP contribution in [0, 0.1) is 6.92 Å². The van der Waals surface area contributed by atoms with Gasteiger partial charge in [0.05, 0.1) is 0 Å². The van der Waals surface area contributed by atoms with Gasteiger partial charge in [-0.25, -0.2) is 0 Å². The number of benzene rings is 1. The third-order valence-corrected chi connectivity index (χ3v) is 3.50. The van der Waals surface area contributed by atoms with Crippen LogP contribution in [0.1, 0.15) is 22.3 Å². The number of ether oxygens (including phenoxy) is 1. The normalized spacial score (nSPS) is 12.2. The summed E-state index contributed by atoms with van der Waals surface area (Å²) in [6.45, 7) is 2.53. The van der Waals surface area contributed by atoms with Crippen LogP contribution in [0.15, 0.2) is 18.2 Å². The molecule has 1 aromatic carbocycles. The molecule has 1 N–H and O–H groups in total. The lowest BCUT2D eigenvalue weighted by Gasteiger charge is -2.16. The van der Waals surface area contributed by atoms with Crippen molar-refractivity contribution in [2.75, 3.05) is 19.0 Å². The van der Waals surface area contributed by atoms with E-state index in [4.69, 9.17) is 16.3 Å². The molecule has 0 heterocycles. The molecule has 1 rings (SSSR count). The number of carbonyl (C=O) groups excluding carboxylic acids is 1. The maximum atomic E-state index is 12.1. The maximum absolute atomic E-state index is 12.1. The number of hydrogen-bond donors (Lipinski definition) is 1. The summed E-state index contributed by atoms with van der Waals surface area (Å²) in [4.78, 5) is 12.1. The van der Waals surface area contributed by atoms with Gasteiger partial charge in [0.1, 0.15) is 0 Å². The fraction of sp³-hybridized carbons (Fsp3) is 0.462. The van der Waals surface area contributed by atoms with Crippen molar-refractivity contribution >= 4 is 33.4 Å². The van der Waals surface area contributed by atoms with Gasteiger partial charge < -0.3 is 10.1 Å². The second-order valence-electron chi connectivity index (χ2n) is 4.12. The Morgan fingerprint density at radius 3 is 2.78 bits per heavy atom. The Morgan fingerprint density at radius 1 is 1.50 bits per heavy atom. The van der Waals surface area contributed by atoms with Gasteiger partial charge in [-0.2, -0.15) is 0 Å². The topological polar surface area (TPSA) is 38.3 Å². The number of carbonyl (C=O) groups is 1. The second kappa shape index (κ2) is 7.77. The molecule has 0 radical (unpaired) electrons. The maximum Gasteiger partial charge on any atom is 0.251 e. The molecule has 0 aliphatic rings. The highest BCUT2D eigenvalue weighted by atomic mass is 79.9. The molecule has 0 spiro atoms. The van der Waals surface area contributed by atoms with Gasteiger partial charge in [0.15, 0.2) is 0 Å². The number of nitrogens with one attached hydrogen (secondary N) is 1. The van der Waals surface area contributed by atoms with E-state index in [0.29, 0.717) is 22.5 Å². The third-order valence-electron chi connectivity index (χ3n) is 2.50. The third kappa shape index (κ3) is 4.96. The van der Waals surface area contributed by atoms with E-state index in [1.165, 1.54) is 0 Å². The van der Waals surface area contributed by atoms with E-state index >= 15 is 0 Å². The van der Waals surface area contributed by atoms with Gasteiger partial charge in [-0.1, -0.05) is 27.5 Å². The minimum absolute atomic E-state index is 0.0525. The van der Waals surface area contributed by atoms with E-state index in [-0.39, 0.29) is 11.9 Å². The van der Waals surface area contributed by atoms with Crippen molar-refractivity contribution in [3.8, 4) is 0 Å². The van der Waals surface area contributed by atoms with Crippen LogP contribution in [0.5, 0.6) is 0 Å². The number of amides is 1. The molecule has 18 heavy (non-hydrogen) atoms. The van der Waals surface area contributed by atoms with Gasteiger partial charge in [-0.3, -0.25) is 4.79 Å². The molecular weight excluding hydrogens is 318 g/mol. The summed E-state index contributed by atoms with van der Waals surface area (Å²) in [5, 5.41) is 4.22. The van der Waals surface area contributed by atoms with Crippen LogP contribution in [0.4, 0.5) is 0 Å². The van der Waals surface area contributed by atoms with Gasteiger partial charge in [0.2, 0.25) is 0 Å². The van der Waals surface area contributed by atoms with Crippen LogP contribution in [-0.2, 0) is 4.74 Å². The summed E-state index contributed by atoms with van der Waals surface area (Å²) < 4.78 is 5.01. The summed E-state index contributed by atoms with van der Waals surface area (Å²) in [7, 11) is 1.65. The van der Waals surface area contributed by atoms with Crippen molar-refractivity contribution < 1.29 is 9.53 Å². The summed E-state index contributed by atoms with van der Waals surface area (Å²) in [6, 6.07) is 5.37. The Bertz CT molecular complexity index is 392. The molecule has 0 aliphatic heterocycles. The zero-order chi connectivity index (χ0) is 13.5. The lowest BCUT2D eigenvalue weighted by atomic mass is 10.1. The van der Waals surface area contributed by atoms with Gasteiger partial charge in [-0.05, 0) is 37.1 Å². The number of rotatable bonds is 6. The molecule has 1 aromatic rings. The van der Waals surface area contributed by atoms with Crippen molar-refractivity contribution in [2.24, 2.45) is 0 Å². The second-order valence-corrected chi connectivity index (χ2v) is 5.21. The Kier molecular flexibility index (Phi) is 6.68. The highest BCUT2D eigenvalue weighted by molar-refractivity contribution is 9.09. The number of halogens is 2. The zero-order valence-corrected chi connectivity index (χ0v) is 12.8. The SMILES string of the molecule is COCCC(CBr)NC(=O)c1cc(C)cc(Cl)c1. The molecule has 0 saturated heterocycles. The zero-order valence-electron chi connectivity index (χ0n) is 10.5. The molecule has 0 bridgehead atoms. The molecule has 0 saturated carbocycles. The Balaban J connectivity index is 2.68. The highest BCUT2D eigenvalue weighted by Gasteiger charge is 2.13. The van der Waals surface area contributed by atoms with Crippen LogP contribution in [0.25, 0.3) is 0 Å². The summed E-state index contributed by atoms with van der Waals surface area (Å²) in [5.74, 6) is -0.110. The van der Waals surface area contributed by atoms with Gasteiger partial charge in [0, 0.05) is 35.7 Å². The number of aryl methyl sites for hydroxylation is 1. The fourth-order valence-corrected chi connectivity index (χ4v) is 2.36. The van der Waals surface area contributed by atoms with Crippen LogP contribution >= 0.6 is 27.5 Å². The smallest absolute Gasteiger partial charge is 0.251 e. The van der Waals surface area contributed by atoms with Gasteiger partial charge in [-0.15, -0.1) is 0 Å². The first-order valence-electron chi connectivity index (χ1n) is 5.69. The predicted octanol–water partition coefficient (Wildman–Crippen LogP) is 3.18. The first kappa shape index (κ1) is 15.5. The Morgan fingerprint density at radius 2 is 2.22 bits per heavy atom. The first-order chi connectivity index (χ1) is 8.56. The summed E-state index contributed by atoms with van der Waals surface area (Å²) in [5.41, 5.74) is 1.56. The molecule has 0 aromatic heterocycles. The average molecular weight is 335 g/mol. The fourth-order valence-electron chi connectivity index (χ4n) is 1.58. The van der Waals surface area contributed by atoms with Gasteiger partial charge in [0.25, 0.3) is 5.91 Å². The van der Waals surface area contributed by atoms with E-state index < -0.39 is 0 Å². The predicted molar refractivity (Wildman–Crippen MR) is 77.7 cm³/mol. The lowest BCUT2D eigenvalue weighted by Crippen LogP contribution is -2.36. The molecule has 0 aliphatic carbocycles. The quantitative estimate of drug-likeness (QED) is 0.812. The van der Waals surface area contributed by atoms with Crippen LogP contribution in [-0.4, -0.2) is 31.0 Å². The van der Waals surface area contributed by atoms with Crippen molar-refractivity contribution in [2.45, 2.75) is 19.4 Å². The minimum atomic E-state index is -0.110. The Labute approximate surface area is 121 Å². The van der Waals surface area contributed by atoms with Crippen LogP contribution in [0.3, 0.4) is 0 Å². The van der Waals surface area contributed by atoms with Crippen molar-refractivity contribution in [3.05, 3.63) is 34.3 Å². The summed E-state index contributed by atoms with van der Waals surface area (Å²) >= 11 is 9.32. The van der Waals surface area contributed by atoms with E-state index in [2.05, 4.69) is 21.2 Å². The minimum Gasteiger partial charge on any atom is -0.385 e. The molecule has 1 unspecified atom stereocenters. The molecular formula is C13H17BrClNO2. The van der Waals surface area contributed by atoms with E-state index in [0.717, 1.165) is 12.0 Å². The molecule has 5 heteroatoms. The molecule has 0 fully saturated rings. The van der Waals surface area contributed by atoms with E-state index in [1.807, 2.05) is 19.1 Å².